The molecule has 0 saturated carbocycles. The van der Waals surface area contributed by atoms with Crippen LogP contribution in [0.4, 0.5) is 0 Å². The third-order valence-corrected chi connectivity index (χ3v) is 1.55. The molecule has 0 amide bonds. The van der Waals surface area contributed by atoms with Gasteiger partial charge in [0.25, 0.3) is 0 Å². The zero-order chi connectivity index (χ0) is 7.61. The van der Waals surface area contributed by atoms with E-state index < -0.39 is 5.79 Å². The maximum atomic E-state index is 5.48. The maximum Gasteiger partial charge on any atom is 0.163 e. The summed E-state index contributed by atoms with van der Waals surface area (Å²) >= 11 is 0. The molecule has 0 bridgehead atoms. The molecule has 0 radical (unpaired) electrons. The minimum atomic E-state index is -0.420. The van der Waals surface area contributed by atoms with E-state index >= 15 is 0 Å². The Balaban J connectivity index is 2.47. The van der Waals surface area contributed by atoms with Crippen molar-refractivity contribution in [2.45, 2.75) is 32.2 Å². The molecule has 1 heterocycles. The first kappa shape index (κ1) is 7.76. The van der Waals surface area contributed by atoms with E-state index in [0.29, 0.717) is 0 Å². The summed E-state index contributed by atoms with van der Waals surface area (Å²) in [5.41, 5.74) is 0. The van der Waals surface area contributed by atoms with Crippen molar-refractivity contribution in [3.63, 3.8) is 0 Å². The molecule has 1 aliphatic rings. The normalized spacial score (nSPS) is 31.6. The SMILES string of the molecule is C=CC1CCOC(C)(C)O1. The molecule has 2 heteroatoms. The summed E-state index contributed by atoms with van der Waals surface area (Å²) in [5.74, 6) is -0.420. The van der Waals surface area contributed by atoms with E-state index in [4.69, 9.17) is 9.47 Å². The van der Waals surface area contributed by atoms with Gasteiger partial charge in [0.05, 0.1) is 12.7 Å². The summed E-state index contributed by atoms with van der Waals surface area (Å²) in [6.45, 7) is 8.28. The van der Waals surface area contributed by atoms with Crippen molar-refractivity contribution in [1.82, 2.24) is 0 Å². The maximum absolute atomic E-state index is 5.48. The summed E-state index contributed by atoms with van der Waals surface area (Å²) in [6, 6.07) is 0. The Kier molecular flexibility index (Phi) is 2.11. The van der Waals surface area contributed by atoms with Gasteiger partial charge >= 0.3 is 0 Å². The fourth-order valence-electron chi connectivity index (χ4n) is 1.04. The van der Waals surface area contributed by atoms with Crippen molar-refractivity contribution in [3.05, 3.63) is 12.7 Å². The van der Waals surface area contributed by atoms with Crippen LogP contribution in [0.1, 0.15) is 20.3 Å². The number of ether oxygens (including phenoxy) is 2. The Bertz CT molecular complexity index is 129. The Morgan fingerprint density at radius 3 is 2.70 bits per heavy atom. The van der Waals surface area contributed by atoms with Crippen molar-refractivity contribution < 1.29 is 9.47 Å². The van der Waals surface area contributed by atoms with E-state index in [2.05, 4.69) is 6.58 Å². The quantitative estimate of drug-likeness (QED) is 0.519. The molecule has 0 aliphatic carbocycles. The van der Waals surface area contributed by atoms with Gasteiger partial charge in [-0.3, -0.25) is 0 Å². The molecular weight excluding hydrogens is 128 g/mol. The summed E-state index contributed by atoms with van der Waals surface area (Å²) < 4.78 is 10.8. The van der Waals surface area contributed by atoms with Gasteiger partial charge in [-0.05, 0) is 13.8 Å². The minimum Gasteiger partial charge on any atom is -0.350 e. The van der Waals surface area contributed by atoms with Gasteiger partial charge in [0.15, 0.2) is 5.79 Å². The molecule has 0 aromatic heterocycles. The highest BCUT2D eigenvalue weighted by Crippen LogP contribution is 2.21. The molecular formula is C8H14O2. The summed E-state index contributed by atoms with van der Waals surface area (Å²) in [5, 5.41) is 0. The largest absolute Gasteiger partial charge is 0.350 e. The van der Waals surface area contributed by atoms with Crippen molar-refractivity contribution in [2.75, 3.05) is 6.61 Å². The van der Waals surface area contributed by atoms with Crippen LogP contribution in [0.2, 0.25) is 0 Å². The van der Waals surface area contributed by atoms with Crippen molar-refractivity contribution in [3.8, 4) is 0 Å². The average Bonchev–Trinajstić information content (AvgIpc) is 1.86. The second-order valence-corrected chi connectivity index (χ2v) is 2.93. The summed E-state index contributed by atoms with van der Waals surface area (Å²) in [7, 11) is 0. The molecule has 0 aromatic carbocycles. The molecule has 1 unspecified atom stereocenters. The van der Waals surface area contributed by atoms with Gasteiger partial charge in [-0.25, -0.2) is 0 Å². The molecule has 0 spiro atoms. The number of hydrogen-bond acceptors (Lipinski definition) is 2. The molecule has 58 valence electrons. The lowest BCUT2D eigenvalue weighted by molar-refractivity contribution is -0.262. The molecule has 0 N–H and O–H groups in total. The topological polar surface area (TPSA) is 18.5 Å². The van der Waals surface area contributed by atoms with Crippen LogP contribution in [0.3, 0.4) is 0 Å². The highest BCUT2D eigenvalue weighted by Gasteiger charge is 2.27. The van der Waals surface area contributed by atoms with Crippen molar-refractivity contribution >= 4 is 0 Å². The Labute approximate surface area is 61.8 Å². The molecule has 1 fully saturated rings. The summed E-state index contributed by atoms with van der Waals surface area (Å²) in [4.78, 5) is 0. The van der Waals surface area contributed by atoms with Gasteiger partial charge in [-0.2, -0.15) is 0 Å². The van der Waals surface area contributed by atoms with E-state index in [1.54, 1.807) is 0 Å². The molecule has 0 aromatic rings. The van der Waals surface area contributed by atoms with E-state index in [1.807, 2.05) is 19.9 Å². The van der Waals surface area contributed by atoms with Crippen LogP contribution in [0.15, 0.2) is 12.7 Å². The molecule has 1 rings (SSSR count). The van der Waals surface area contributed by atoms with E-state index in [-0.39, 0.29) is 6.10 Å². The fraction of sp³-hybridized carbons (Fsp3) is 0.750. The zero-order valence-electron chi connectivity index (χ0n) is 6.59. The van der Waals surface area contributed by atoms with Crippen LogP contribution in [0.5, 0.6) is 0 Å². The van der Waals surface area contributed by atoms with Gasteiger partial charge in [0.1, 0.15) is 0 Å². The lowest BCUT2D eigenvalue weighted by Crippen LogP contribution is -2.38. The zero-order valence-corrected chi connectivity index (χ0v) is 6.59. The highest BCUT2D eigenvalue weighted by atomic mass is 16.7. The predicted octanol–water partition coefficient (Wildman–Crippen LogP) is 1.71. The lowest BCUT2D eigenvalue weighted by atomic mass is 10.2. The number of rotatable bonds is 1. The van der Waals surface area contributed by atoms with Crippen molar-refractivity contribution in [1.29, 1.82) is 0 Å². The van der Waals surface area contributed by atoms with Gasteiger partial charge in [-0.1, -0.05) is 6.08 Å². The van der Waals surface area contributed by atoms with Crippen LogP contribution in [-0.2, 0) is 9.47 Å². The first-order valence-corrected chi connectivity index (χ1v) is 3.58. The van der Waals surface area contributed by atoms with E-state index in [9.17, 15) is 0 Å². The highest BCUT2D eigenvalue weighted by molar-refractivity contribution is 4.83. The first-order chi connectivity index (χ1) is 4.64. The third kappa shape index (κ3) is 1.82. The minimum absolute atomic E-state index is 0.170. The van der Waals surface area contributed by atoms with Crippen LogP contribution in [0.25, 0.3) is 0 Å². The number of hydrogen-bond donors (Lipinski definition) is 0. The molecule has 1 saturated heterocycles. The molecule has 1 aliphatic heterocycles. The van der Waals surface area contributed by atoms with Gasteiger partial charge in [0.2, 0.25) is 0 Å². The van der Waals surface area contributed by atoms with E-state index in [1.165, 1.54) is 0 Å². The van der Waals surface area contributed by atoms with Gasteiger partial charge in [0, 0.05) is 6.42 Å². The van der Waals surface area contributed by atoms with Gasteiger partial charge < -0.3 is 9.47 Å². The standard InChI is InChI=1S/C8H14O2/c1-4-7-5-6-9-8(2,3)10-7/h4,7H,1,5-6H2,2-3H3. The fourth-order valence-corrected chi connectivity index (χ4v) is 1.04. The van der Waals surface area contributed by atoms with Crippen LogP contribution in [-0.4, -0.2) is 18.5 Å². The third-order valence-electron chi connectivity index (χ3n) is 1.55. The van der Waals surface area contributed by atoms with E-state index in [0.717, 1.165) is 13.0 Å². The molecule has 2 nitrogen and oxygen atoms in total. The Morgan fingerprint density at radius 2 is 2.30 bits per heavy atom. The molecule has 10 heavy (non-hydrogen) atoms. The smallest absolute Gasteiger partial charge is 0.163 e. The lowest BCUT2D eigenvalue weighted by Gasteiger charge is -2.34. The van der Waals surface area contributed by atoms with Crippen LogP contribution in [0, 0.1) is 0 Å². The first-order valence-electron chi connectivity index (χ1n) is 3.58. The second kappa shape index (κ2) is 2.72. The van der Waals surface area contributed by atoms with Crippen LogP contribution < -0.4 is 0 Å². The molecule has 1 atom stereocenters. The van der Waals surface area contributed by atoms with Gasteiger partial charge in [-0.15, -0.1) is 6.58 Å². The monoisotopic (exact) mass is 142 g/mol. The Morgan fingerprint density at radius 1 is 1.60 bits per heavy atom. The van der Waals surface area contributed by atoms with Crippen molar-refractivity contribution in [2.24, 2.45) is 0 Å². The average molecular weight is 142 g/mol. The second-order valence-electron chi connectivity index (χ2n) is 2.93. The summed E-state index contributed by atoms with van der Waals surface area (Å²) in [6.07, 6.45) is 2.92. The predicted molar refractivity (Wildman–Crippen MR) is 39.7 cm³/mol. The Hall–Kier alpha value is -0.340. The van der Waals surface area contributed by atoms with Crippen LogP contribution >= 0.6 is 0 Å².